The highest BCUT2D eigenvalue weighted by Gasteiger charge is 2.58. The molecule has 0 radical (unpaired) electrons. The molecule has 0 bridgehead atoms. The molecule has 3 heterocycles. The van der Waals surface area contributed by atoms with Gasteiger partial charge < -0.3 is 114 Å². The minimum Gasteiger partial charge on any atom is -0.462 e. The van der Waals surface area contributed by atoms with Crippen LogP contribution in [-0.4, -0.2) is 256 Å². The highest BCUT2D eigenvalue weighted by atomic mass is 31.2. The lowest BCUT2D eigenvalue weighted by molar-refractivity contribution is -0.364. The molecule has 88 heavy (non-hydrogen) atoms. The number of carbonyl (C=O) groups is 2. The molecule has 1 aliphatic carbocycles. The smallest absolute Gasteiger partial charge is 0.462 e. The standard InChI is InChI=1S/C59H107O28P/c1-3-5-7-9-11-13-15-17-19-21-23-25-27-29-40(62)78-33-36(81-41(63)30-28-26-24-22-20-18-16-14-12-10-8-6-4-2)34-80-88(76,77)87-56-54(85-58-52(74)46(68)43(65)38(32-61)83-58)49(71)48(70)50(72)55(56)86-59-53(75)47(69)44(66)39(84-59)35-79-57-51(73)45(67)42(64)37(31-60)82-57/h14,16,36-39,42-61,64-75H,3-13,15,17-35H2,1-2H3,(H,76,77)/b16-14-/t36-,37?,38?,39?,42+,43-,44+,45?,46?,47?,48+,49?,50?,51+,52-,53+,54-,55?,56+,57-,58-,59+/m1/s1. The summed E-state index contributed by atoms with van der Waals surface area (Å²) in [5.74, 6) is -1.41. The molecule has 29 heteroatoms. The van der Waals surface area contributed by atoms with E-state index in [4.69, 9.17) is 46.9 Å². The van der Waals surface area contributed by atoms with Crippen LogP contribution in [0.25, 0.3) is 0 Å². The topological polar surface area (TPSA) is 447 Å². The van der Waals surface area contributed by atoms with Crippen LogP contribution in [0.1, 0.15) is 181 Å². The summed E-state index contributed by atoms with van der Waals surface area (Å²) in [6.07, 6.45) is -16.4. The zero-order valence-electron chi connectivity index (χ0n) is 51.2. The van der Waals surface area contributed by atoms with E-state index in [1.165, 1.54) is 70.6 Å². The predicted octanol–water partition coefficient (Wildman–Crippen LogP) is 0.973. The van der Waals surface area contributed by atoms with Gasteiger partial charge in [-0.25, -0.2) is 4.57 Å². The van der Waals surface area contributed by atoms with Gasteiger partial charge in [0.25, 0.3) is 0 Å². The Hall–Kier alpha value is -2.01. The van der Waals surface area contributed by atoms with E-state index in [1.54, 1.807) is 0 Å². The Kier molecular flexibility index (Phi) is 37.7. The van der Waals surface area contributed by atoms with Gasteiger partial charge in [0.15, 0.2) is 25.0 Å². The largest absolute Gasteiger partial charge is 0.472 e. The van der Waals surface area contributed by atoms with Gasteiger partial charge in [-0.05, 0) is 38.5 Å². The highest BCUT2D eigenvalue weighted by Crippen LogP contribution is 2.49. The lowest BCUT2D eigenvalue weighted by Gasteiger charge is -2.49. The second-order valence-electron chi connectivity index (χ2n) is 23.7. The van der Waals surface area contributed by atoms with Crippen LogP contribution >= 0.6 is 7.82 Å². The van der Waals surface area contributed by atoms with Gasteiger partial charge in [-0.2, -0.15) is 0 Å². The average Bonchev–Trinajstić information content (AvgIpc) is 0.853. The van der Waals surface area contributed by atoms with Crippen molar-refractivity contribution in [2.24, 2.45) is 0 Å². The number of ether oxygens (including phenoxy) is 8. The maximum atomic E-state index is 14.2. The minimum atomic E-state index is -5.75. The molecule has 0 spiro atoms. The average molecular weight is 1300 g/mol. The summed E-state index contributed by atoms with van der Waals surface area (Å²) in [5, 5.41) is 150. The van der Waals surface area contributed by atoms with Crippen LogP contribution in [-0.2, 0) is 61.1 Å². The number of aliphatic hydroxyl groups excluding tert-OH is 14. The molecule has 28 nitrogen and oxygen atoms in total. The van der Waals surface area contributed by atoms with Gasteiger partial charge in [0, 0.05) is 12.8 Å². The molecular formula is C59H107O28P. The Morgan fingerprint density at radius 1 is 0.443 bits per heavy atom. The lowest BCUT2D eigenvalue weighted by Crippen LogP contribution is -2.69. The molecular weight excluding hydrogens is 1190 g/mol. The number of rotatable bonds is 44. The van der Waals surface area contributed by atoms with Crippen LogP contribution in [0, 0.1) is 0 Å². The van der Waals surface area contributed by atoms with E-state index in [9.17, 15) is 90.5 Å². The van der Waals surface area contributed by atoms with E-state index in [0.717, 1.165) is 64.2 Å². The zero-order chi connectivity index (χ0) is 64.8. The van der Waals surface area contributed by atoms with Crippen molar-refractivity contribution in [3.63, 3.8) is 0 Å². The van der Waals surface area contributed by atoms with Crippen LogP contribution in [0.3, 0.4) is 0 Å². The first-order valence-electron chi connectivity index (χ1n) is 32.0. The Labute approximate surface area is 516 Å². The number of hydrogen-bond acceptors (Lipinski definition) is 27. The van der Waals surface area contributed by atoms with Crippen molar-refractivity contribution in [1.82, 2.24) is 0 Å². The number of phosphoric ester groups is 1. The fourth-order valence-corrected chi connectivity index (χ4v) is 11.9. The molecule has 15 N–H and O–H groups in total. The third-order valence-electron chi connectivity index (χ3n) is 16.4. The zero-order valence-corrected chi connectivity index (χ0v) is 52.1. The van der Waals surface area contributed by atoms with Crippen molar-refractivity contribution in [2.75, 3.05) is 33.0 Å². The first-order valence-corrected chi connectivity index (χ1v) is 33.5. The lowest BCUT2D eigenvalue weighted by atomic mass is 9.84. The number of unbranched alkanes of at least 4 members (excludes halogenated alkanes) is 21. The molecule has 0 aromatic rings. The first kappa shape index (κ1) is 78.4. The molecule has 4 rings (SSSR count). The number of hydrogen-bond donors (Lipinski definition) is 15. The molecule has 4 aliphatic rings. The Bertz CT molecular complexity index is 1960. The van der Waals surface area contributed by atoms with Gasteiger partial charge in [-0.15, -0.1) is 0 Å². The van der Waals surface area contributed by atoms with Crippen molar-refractivity contribution in [3.05, 3.63) is 12.2 Å². The summed E-state index contributed by atoms with van der Waals surface area (Å²) in [6.45, 7) is 0.0241. The third kappa shape index (κ3) is 26.1. The van der Waals surface area contributed by atoms with Crippen LogP contribution in [0.4, 0.5) is 0 Å². The number of aliphatic hydroxyl groups is 14. The van der Waals surface area contributed by atoms with Crippen molar-refractivity contribution in [3.8, 4) is 0 Å². The van der Waals surface area contributed by atoms with E-state index in [1.807, 2.05) is 0 Å². The second kappa shape index (κ2) is 42.3. The molecule has 0 amide bonds. The van der Waals surface area contributed by atoms with Gasteiger partial charge >= 0.3 is 19.8 Å². The molecule has 4 fully saturated rings. The number of carbonyl (C=O) groups excluding carboxylic acids is 2. The highest BCUT2D eigenvalue weighted by molar-refractivity contribution is 7.47. The summed E-state index contributed by atoms with van der Waals surface area (Å²) in [6, 6.07) is 0. The molecule has 10 unspecified atom stereocenters. The van der Waals surface area contributed by atoms with E-state index in [0.29, 0.717) is 19.3 Å². The molecule has 1 saturated carbocycles. The van der Waals surface area contributed by atoms with Gasteiger partial charge in [0.05, 0.1) is 26.4 Å². The normalized spacial score (nSPS) is 34.8. The van der Waals surface area contributed by atoms with Gasteiger partial charge in [-0.3, -0.25) is 18.6 Å². The predicted molar refractivity (Wildman–Crippen MR) is 310 cm³/mol. The fourth-order valence-electron chi connectivity index (χ4n) is 10.9. The van der Waals surface area contributed by atoms with Crippen molar-refractivity contribution in [2.45, 2.75) is 316 Å². The number of allylic oxidation sites excluding steroid dienone is 2. The number of esters is 2. The van der Waals surface area contributed by atoms with Gasteiger partial charge in [-0.1, -0.05) is 142 Å². The van der Waals surface area contributed by atoms with E-state index < -0.39 is 188 Å². The summed E-state index contributed by atoms with van der Waals surface area (Å²) in [4.78, 5) is 37.8. The summed E-state index contributed by atoms with van der Waals surface area (Å²) in [7, 11) is -5.75. The molecule has 23 atom stereocenters. The molecule has 3 aliphatic heterocycles. The summed E-state index contributed by atoms with van der Waals surface area (Å²) < 4.78 is 69.8. The monoisotopic (exact) mass is 1290 g/mol. The molecule has 0 aromatic heterocycles. The molecule has 0 aromatic carbocycles. The van der Waals surface area contributed by atoms with Crippen LogP contribution < -0.4 is 0 Å². The van der Waals surface area contributed by atoms with Crippen LogP contribution in [0.5, 0.6) is 0 Å². The summed E-state index contributed by atoms with van der Waals surface area (Å²) >= 11 is 0. The minimum absolute atomic E-state index is 0.0203. The third-order valence-corrected chi connectivity index (χ3v) is 17.4. The second-order valence-corrected chi connectivity index (χ2v) is 25.1. The van der Waals surface area contributed by atoms with E-state index >= 15 is 0 Å². The Morgan fingerprint density at radius 2 is 0.818 bits per heavy atom. The van der Waals surface area contributed by atoms with Gasteiger partial charge in [0.2, 0.25) is 0 Å². The SMILES string of the molecule is CCCCCC/C=C\CCCCCCCC(=O)O[C@H](COC(=O)CCCCCCCCCCCCCCC)COP(=O)(O)O[C@@H]1C(O[C@@H]2OC(CO[C@@H]3OC(CO)[C@H](O)C(O)[C@@H]3O)[C@H](O)C(O)[C@@H]2O)C(O)[C@@H](O)C(O)[C@H]1O[C@H]1OC(CO)[C@@H](O)C(O)[C@H]1O. The molecule has 516 valence electrons. The van der Waals surface area contributed by atoms with E-state index in [-0.39, 0.29) is 12.8 Å². The summed E-state index contributed by atoms with van der Waals surface area (Å²) in [5.41, 5.74) is 0. The first-order chi connectivity index (χ1) is 42.1. The fraction of sp³-hybridized carbons (Fsp3) is 0.932. The maximum Gasteiger partial charge on any atom is 0.472 e. The Balaban J connectivity index is 1.50. The quantitative estimate of drug-likeness (QED) is 0.0175. The molecule has 3 saturated heterocycles. The van der Waals surface area contributed by atoms with Crippen molar-refractivity contribution in [1.29, 1.82) is 0 Å². The van der Waals surface area contributed by atoms with Crippen LogP contribution in [0.2, 0.25) is 0 Å². The van der Waals surface area contributed by atoms with Gasteiger partial charge in [0.1, 0.15) is 116 Å². The van der Waals surface area contributed by atoms with Crippen molar-refractivity contribution >= 4 is 19.8 Å². The number of phosphoric acid groups is 1. The maximum absolute atomic E-state index is 14.2. The van der Waals surface area contributed by atoms with E-state index in [2.05, 4.69) is 26.0 Å². The Morgan fingerprint density at radius 3 is 1.28 bits per heavy atom. The van der Waals surface area contributed by atoms with Crippen molar-refractivity contribution < 1.29 is 137 Å². The van der Waals surface area contributed by atoms with Crippen LogP contribution in [0.15, 0.2) is 12.2 Å².